The van der Waals surface area contributed by atoms with E-state index in [1.54, 1.807) is 6.92 Å². The van der Waals surface area contributed by atoms with Crippen molar-refractivity contribution in [2.24, 2.45) is 0 Å². The van der Waals surface area contributed by atoms with Crippen molar-refractivity contribution in [2.75, 3.05) is 0 Å². The van der Waals surface area contributed by atoms with Crippen LogP contribution in [0.2, 0.25) is 0 Å². The molecule has 2 heteroatoms. The minimum absolute atomic E-state index is 0.716. The zero-order valence-electron chi connectivity index (χ0n) is 9.48. The number of benzene rings is 1. The normalized spacial score (nSPS) is 14.9. The SMILES string of the molecule is CCCCc1ccc(C(O)C(C)O)cc1. The van der Waals surface area contributed by atoms with Crippen molar-refractivity contribution < 1.29 is 10.2 Å². The van der Waals surface area contributed by atoms with Gasteiger partial charge in [-0.15, -0.1) is 0 Å². The molecule has 0 aromatic heterocycles. The van der Waals surface area contributed by atoms with Crippen LogP contribution in [0.3, 0.4) is 0 Å². The Morgan fingerprint density at radius 2 is 1.73 bits per heavy atom. The molecule has 2 nitrogen and oxygen atoms in total. The van der Waals surface area contributed by atoms with Gasteiger partial charge in [0.05, 0.1) is 6.10 Å². The van der Waals surface area contributed by atoms with Crippen molar-refractivity contribution in [3.05, 3.63) is 35.4 Å². The van der Waals surface area contributed by atoms with E-state index in [0.29, 0.717) is 0 Å². The van der Waals surface area contributed by atoms with Gasteiger partial charge in [-0.1, -0.05) is 37.6 Å². The number of rotatable bonds is 5. The molecule has 84 valence electrons. The molecule has 0 aliphatic rings. The number of aliphatic hydroxyl groups excluding tert-OH is 2. The Morgan fingerprint density at radius 1 is 1.13 bits per heavy atom. The lowest BCUT2D eigenvalue weighted by molar-refractivity contribution is 0.0305. The second-order valence-electron chi connectivity index (χ2n) is 4.03. The monoisotopic (exact) mass is 208 g/mol. The third kappa shape index (κ3) is 3.65. The van der Waals surface area contributed by atoms with E-state index in [-0.39, 0.29) is 0 Å². The highest BCUT2D eigenvalue weighted by atomic mass is 16.3. The molecule has 1 aromatic carbocycles. The van der Waals surface area contributed by atoms with Crippen LogP contribution in [0.25, 0.3) is 0 Å². The van der Waals surface area contributed by atoms with Gasteiger partial charge in [-0.3, -0.25) is 0 Å². The standard InChI is InChI=1S/C13H20O2/c1-3-4-5-11-6-8-12(9-7-11)13(15)10(2)14/h6-10,13-15H,3-5H2,1-2H3. The maximum Gasteiger partial charge on any atom is 0.105 e. The second-order valence-corrected chi connectivity index (χ2v) is 4.03. The van der Waals surface area contributed by atoms with Gasteiger partial charge in [0.25, 0.3) is 0 Å². The Morgan fingerprint density at radius 3 is 2.20 bits per heavy atom. The van der Waals surface area contributed by atoms with Crippen molar-refractivity contribution in [2.45, 2.75) is 45.3 Å². The van der Waals surface area contributed by atoms with E-state index in [0.717, 1.165) is 12.0 Å². The lowest BCUT2D eigenvalue weighted by Gasteiger charge is -2.14. The molecule has 2 N–H and O–H groups in total. The van der Waals surface area contributed by atoms with Crippen molar-refractivity contribution in [3.8, 4) is 0 Å². The Balaban J connectivity index is 2.63. The first kappa shape index (κ1) is 12.2. The number of aliphatic hydroxyl groups is 2. The lowest BCUT2D eigenvalue weighted by Crippen LogP contribution is -2.13. The maximum absolute atomic E-state index is 9.61. The Labute approximate surface area is 91.6 Å². The first-order valence-electron chi connectivity index (χ1n) is 5.60. The topological polar surface area (TPSA) is 40.5 Å². The molecule has 0 saturated heterocycles. The van der Waals surface area contributed by atoms with Crippen LogP contribution in [0, 0.1) is 0 Å². The Kier molecular flexibility index (Phi) is 4.79. The highest BCUT2D eigenvalue weighted by Crippen LogP contribution is 2.17. The Hall–Kier alpha value is -0.860. The molecule has 0 spiro atoms. The predicted molar refractivity (Wildman–Crippen MR) is 61.7 cm³/mol. The van der Waals surface area contributed by atoms with Gasteiger partial charge < -0.3 is 10.2 Å². The second kappa shape index (κ2) is 5.89. The molecule has 0 heterocycles. The summed E-state index contributed by atoms with van der Waals surface area (Å²) >= 11 is 0. The van der Waals surface area contributed by atoms with Gasteiger partial charge in [-0.05, 0) is 30.9 Å². The third-order valence-electron chi connectivity index (χ3n) is 2.60. The maximum atomic E-state index is 9.61. The zero-order chi connectivity index (χ0) is 11.3. The number of hydrogen-bond donors (Lipinski definition) is 2. The van der Waals surface area contributed by atoms with Gasteiger partial charge in [0, 0.05) is 0 Å². The minimum Gasteiger partial charge on any atom is -0.390 e. The Bertz CT molecular complexity index is 277. The minimum atomic E-state index is -0.773. The van der Waals surface area contributed by atoms with Crippen molar-refractivity contribution >= 4 is 0 Å². The van der Waals surface area contributed by atoms with Gasteiger partial charge in [-0.25, -0.2) is 0 Å². The third-order valence-corrected chi connectivity index (χ3v) is 2.60. The first-order valence-corrected chi connectivity index (χ1v) is 5.60. The van der Waals surface area contributed by atoms with Crippen LogP contribution in [0.15, 0.2) is 24.3 Å². The highest BCUT2D eigenvalue weighted by molar-refractivity contribution is 5.24. The molecule has 0 fully saturated rings. The van der Waals surface area contributed by atoms with E-state index < -0.39 is 12.2 Å². The van der Waals surface area contributed by atoms with Crippen LogP contribution in [-0.4, -0.2) is 16.3 Å². The quantitative estimate of drug-likeness (QED) is 0.780. The molecule has 1 rings (SSSR count). The fraction of sp³-hybridized carbons (Fsp3) is 0.538. The van der Waals surface area contributed by atoms with E-state index in [1.165, 1.54) is 18.4 Å². The average Bonchev–Trinajstić information content (AvgIpc) is 2.26. The van der Waals surface area contributed by atoms with E-state index >= 15 is 0 Å². The van der Waals surface area contributed by atoms with Crippen molar-refractivity contribution in [3.63, 3.8) is 0 Å². The van der Waals surface area contributed by atoms with Crippen LogP contribution >= 0.6 is 0 Å². The number of unbranched alkanes of at least 4 members (excludes halogenated alkanes) is 1. The van der Waals surface area contributed by atoms with Crippen LogP contribution in [-0.2, 0) is 6.42 Å². The summed E-state index contributed by atoms with van der Waals surface area (Å²) < 4.78 is 0. The molecule has 0 saturated carbocycles. The van der Waals surface area contributed by atoms with Crippen LogP contribution < -0.4 is 0 Å². The first-order chi connectivity index (χ1) is 7.15. The van der Waals surface area contributed by atoms with Crippen LogP contribution in [0.4, 0.5) is 0 Å². The number of aryl methyl sites for hydroxylation is 1. The molecule has 1 aromatic rings. The average molecular weight is 208 g/mol. The number of hydrogen-bond acceptors (Lipinski definition) is 2. The summed E-state index contributed by atoms with van der Waals surface area (Å²) in [6.07, 6.45) is 1.98. The van der Waals surface area contributed by atoms with Gasteiger partial charge >= 0.3 is 0 Å². The molecule has 0 amide bonds. The summed E-state index contributed by atoms with van der Waals surface area (Å²) in [5.41, 5.74) is 2.07. The molecule has 0 aliphatic carbocycles. The fourth-order valence-corrected chi connectivity index (χ4v) is 1.54. The molecule has 0 aliphatic heterocycles. The van der Waals surface area contributed by atoms with E-state index in [1.807, 2.05) is 24.3 Å². The van der Waals surface area contributed by atoms with E-state index in [9.17, 15) is 10.2 Å². The van der Waals surface area contributed by atoms with Gasteiger partial charge in [0.15, 0.2) is 0 Å². The van der Waals surface area contributed by atoms with Crippen LogP contribution in [0.1, 0.15) is 43.9 Å². The zero-order valence-corrected chi connectivity index (χ0v) is 9.48. The molecule has 0 radical (unpaired) electrons. The smallest absolute Gasteiger partial charge is 0.105 e. The van der Waals surface area contributed by atoms with E-state index in [2.05, 4.69) is 6.92 Å². The van der Waals surface area contributed by atoms with Gasteiger partial charge in [0.2, 0.25) is 0 Å². The van der Waals surface area contributed by atoms with Gasteiger partial charge in [0.1, 0.15) is 6.10 Å². The molecule has 0 bridgehead atoms. The van der Waals surface area contributed by atoms with Crippen LogP contribution in [0.5, 0.6) is 0 Å². The predicted octanol–water partition coefficient (Wildman–Crippen LogP) is 2.44. The van der Waals surface area contributed by atoms with Gasteiger partial charge in [-0.2, -0.15) is 0 Å². The summed E-state index contributed by atoms with van der Waals surface area (Å²) in [7, 11) is 0. The molecule has 15 heavy (non-hydrogen) atoms. The highest BCUT2D eigenvalue weighted by Gasteiger charge is 2.12. The fourth-order valence-electron chi connectivity index (χ4n) is 1.54. The molecular formula is C13H20O2. The summed E-state index contributed by atoms with van der Waals surface area (Å²) in [6, 6.07) is 7.83. The lowest BCUT2D eigenvalue weighted by atomic mass is 10.0. The molecular weight excluding hydrogens is 188 g/mol. The van der Waals surface area contributed by atoms with Crippen molar-refractivity contribution in [1.82, 2.24) is 0 Å². The van der Waals surface area contributed by atoms with Crippen molar-refractivity contribution in [1.29, 1.82) is 0 Å². The summed E-state index contributed by atoms with van der Waals surface area (Å²) in [5.74, 6) is 0. The largest absolute Gasteiger partial charge is 0.390 e. The molecule has 2 atom stereocenters. The van der Waals surface area contributed by atoms with E-state index in [4.69, 9.17) is 0 Å². The summed E-state index contributed by atoms with van der Waals surface area (Å²) in [4.78, 5) is 0. The molecule has 2 unspecified atom stereocenters. The summed E-state index contributed by atoms with van der Waals surface area (Å²) in [5, 5.41) is 18.8. The summed E-state index contributed by atoms with van der Waals surface area (Å²) in [6.45, 7) is 3.77.